The molecule has 0 unspecified atom stereocenters. The minimum Gasteiger partial charge on any atom is -0.355 e. The summed E-state index contributed by atoms with van der Waals surface area (Å²) >= 11 is 0. The van der Waals surface area contributed by atoms with Gasteiger partial charge in [0, 0.05) is 30.9 Å². The van der Waals surface area contributed by atoms with E-state index in [1.807, 2.05) is 73.2 Å². The topological polar surface area (TPSA) is 52.7 Å². The number of anilines is 1. The highest BCUT2D eigenvalue weighted by molar-refractivity contribution is 5.95. The second-order valence-corrected chi connectivity index (χ2v) is 6.64. The Labute approximate surface area is 155 Å². The van der Waals surface area contributed by atoms with Gasteiger partial charge in [0.05, 0.1) is 6.54 Å². The summed E-state index contributed by atoms with van der Waals surface area (Å²) in [5.74, 6) is -0.0359. The number of benzene rings is 2. The van der Waals surface area contributed by atoms with Crippen LogP contribution in [0.1, 0.15) is 29.8 Å². The molecule has 2 rings (SSSR count). The Hall–Kier alpha value is -2.66. The van der Waals surface area contributed by atoms with Gasteiger partial charge in [0.25, 0.3) is 5.91 Å². The summed E-state index contributed by atoms with van der Waals surface area (Å²) in [5, 5.41) is 2.61. The van der Waals surface area contributed by atoms with E-state index in [4.69, 9.17) is 0 Å². The number of likely N-dealkylation sites (N-methyl/N-ethyl adjacent to an activating group) is 1. The van der Waals surface area contributed by atoms with Crippen LogP contribution in [0.15, 0.2) is 54.6 Å². The van der Waals surface area contributed by atoms with Crippen molar-refractivity contribution in [1.82, 2.24) is 10.2 Å². The minimum absolute atomic E-state index is 0.0654. The Balaban J connectivity index is 2.00. The SMILES string of the molecule is CNC(=O)c1ccc(CN(C)CC(=O)N(c2ccccc2)C(C)C)cc1. The number of carbonyl (C=O) groups is 2. The van der Waals surface area contributed by atoms with Crippen LogP contribution >= 0.6 is 0 Å². The number of carbonyl (C=O) groups excluding carboxylic acids is 2. The highest BCUT2D eigenvalue weighted by Gasteiger charge is 2.20. The predicted molar refractivity (Wildman–Crippen MR) is 105 cm³/mol. The smallest absolute Gasteiger partial charge is 0.251 e. The van der Waals surface area contributed by atoms with Gasteiger partial charge in [-0.2, -0.15) is 0 Å². The summed E-state index contributed by atoms with van der Waals surface area (Å²) in [6, 6.07) is 17.3. The molecule has 0 aliphatic carbocycles. The van der Waals surface area contributed by atoms with E-state index < -0.39 is 0 Å². The van der Waals surface area contributed by atoms with E-state index >= 15 is 0 Å². The Morgan fingerprint density at radius 1 is 1.00 bits per heavy atom. The summed E-state index contributed by atoms with van der Waals surface area (Å²) in [6.07, 6.45) is 0. The van der Waals surface area contributed by atoms with Crippen molar-refractivity contribution < 1.29 is 9.59 Å². The van der Waals surface area contributed by atoms with E-state index in [1.54, 1.807) is 19.2 Å². The second kappa shape index (κ2) is 9.15. The lowest BCUT2D eigenvalue weighted by molar-refractivity contribution is -0.119. The molecule has 0 aromatic heterocycles. The molecule has 26 heavy (non-hydrogen) atoms. The monoisotopic (exact) mass is 353 g/mol. The van der Waals surface area contributed by atoms with Gasteiger partial charge in [-0.1, -0.05) is 30.3 Å². The Morgan fingerprint density at radius 2 is 1.62 bits per heavy atom. The zero-order valence-electron chi connectivity index (χ0n) is 15.9. The predicted octanol–water partition coefficient (Wildman–Crippen LogP) is 2.92. The van der Waals surface area contributed by atoms with Crippen LogP contribution in [0.5, 0.6) is 0 Å². The highest BCUT2D eigenvalue weighted by atomic mass is 16.2. The Kier molecular flexibility index (Phi) is 6.92. The molecule has 5 heteroatoms. The van der Waals surface area contributed by atoms with Gasteiger partial charge in [-0.3, -0.25) is 14.5 Å². The molecule has 0 bridgehead atoms. The molecule has 5 nitrogen and oxygen atoms in total. The van der Waals surface area contributed by atoms with Crippen molar-refractivity contribution in [3.8, 4) is 0 Å². The number of nitrogens with one attached hydrogen (secondary N) is 1. The molecule has 0 saturated carbocycles. The number of rotatable bonds is 7. The third kappa shape index (κ3) is 5.17. The number of para-hydroxylation sites is 1. The molecule has 138 valence electrons. The van der Waals surface area contributed by atoms with Crippen LogP contribution in [-0.4, -0.2) is 43.4 Å². The van der Waals surface area contributed by atoms with Crippen LogP contribution in [-0.2, 0) is 11.3 Å². The van der Waals surface area contributed by atoms with E-state index in [1.165, 1.54) is 0 Å². The van der Waals surface area contributed by atoms with Crippen molar-refractivity contribution in [2.45, 2.75) is 26.4 Å². The highest BCUT2D eigenvalue weighted by Crippen LogP contribution is 2.17. The minimum atomic E-state index is -0.101. The van der Waals surface area contributed by atoms with E-state index in [-0.39, 0.29) is 17.9 Å². The van der Waals surface area contributed by atoms with Gasteiger partial charge in [-0.25, -0.2) is 0 Å². The first-order valence-corrected chi connectivity index (χ1v) is 8.79. The van der Waals surface area contributed by atoms with Gasteiger partial charge in [-0.05, 0) is 50.7 Å². The van der Waals surface area contributed by atoms with Crippen molar-refractivity contribution in [3.63, 3.8) is 0 Å². The van der Waals surface area contributed by atoms with Crippen molar-refractivity contribution in [2.24, 2.45) is 0 Å². The molecule has 2 aromatic carbocycles. The second-order valence-electron chi connectivity index (χ2n) is 6.64. The number of hydrogen-bond donors (Lipinski definition) is 1. The van der Waals surface area contributed by atoms with Crippen LogP contribution in [0.25, 0.3) is 0 Å². The normalized spacial score (nSPS) is 10.8. The molecule has 0 saturated heterocycles. The van der Waals surface area contributed by atoms with Gasteiger partial charge in [0.15, 0.2) is 0 Å². The number of amides is 2. The van der Waals surface area contributed by atoms with Crippen LogP contribution in [0.2, 0.25) is 0 Å². The van der Waals surface area contributed by atoms with Crippen LogP contribution in [0.4, 0.5) is 5.69 Å². The lowest BCUT2D eigenvalue weighted by Gasteiger charge is -2.29. The average molecular weight is 353 g/mol. The quantitative estimate of drug-likeness (QED) is 0.833. The van der Waals surface area contributed by atoms with Gasteiger partial charge in [-0.15, -0.1) is 0 Å². The fourth-order valence-electron chi connectivity index (χ4n) is 2.90. The zero-order valence-corrected chi connectivity index (χ0v) is 15.9. The van der Waals surface area contributed by atoms with Crippen LogP contribution in [0, 0.1) is 0 Å². The summed E-state index contributed by atoms with van der Waals surface area (Å²) in [4.78, 5) is 28.2. The summed E-state index contributed by atoms with van der Waals surface area (Å²) in [6.45, 7) is 5.00. The first-order valence-electron chi connectivity index (χ1n) is 8.79. The molecule has 1 N–H and O–H groups in total. The zero-order chi connectivity index (χ0) is 19.1. The number of hydrogen-bond acceptors (Lipinski definition) is 3. The van der Waals surface area contributed by atoms with Gasteiger partial charge >= 0.3 is 0 Å². The summed E-state index contributed by atoms with van der Waals surface area (Å²) in [5.41, 5.74) is 2.60. The number of nitrogens with zero attached hydrogens (tertiary/aromatic N) is 2. The van der Waals surface area contributed by atoms with Crippen LogP contribution < -0.4 is 10.2 Å². The fraction of sp³-hybridized carbons (Fsp3) is 0.333. The molecular formula is C21H27N3O2. The summed E-state index contributed by atoms with van der Waals surface area (Å²) < 4.78 is 0. The molecule has 0 spiro atoms. The molecule has 0 atom stereocenters. The van der Waals surface area contributed by atoms with Gasteiger partial charge in [0.1, 0.15) is 0 Å². The van der Waals surface area contributed by atoms with E-state index in [0.717, 1.165) is 11.3 Å². The van der Waals surface area contributed by atoms with Crippen LogP contribution in [0.3, 0.4) is 0 Å². The van der Waals surface area contributed by atoms with Crippen molar-refractivity contribution in [2.75, 3.05) is 25.5 Å². The maximum Gasteiger partial charge on any atom is 0.251 e. The average Bonchev–Trinajstić information content (AvgIpc) is 2.62. The van der Waals surface area contributed by atoms with Crippen molar-refractivity contribution >= 4 is 17.5 Å². The Bertz CT molecular complexity index is 727. The third-order valence-electron chi connectivity index (χ3n) is 4.12. The van der Waals surface area contributed by atoms with Crippen molar-refractivity contribution in [1.29, 1.82) is 0 Å². The molecule has 2 amide bonds. The molecule has 2 aromatic rings. The maximum absolute atomic E-state index is 12.8. The Morgan fingerprint density at radius 3 is 2.15 bits per heavy atom. The first-order chi connectivity index (χ1) is 12.4. The molecule has 0 fully saturated rings. The van der Waals surface area contributed by atoms with Crippen molar-refractivity contribution in [3.05, 3.63) is 65.7 Å². The fourth-order valence-corrected chi connectivity index (χ4v) is 2.90. The van der Waals surface area contributed by atoms with E-state index in [0.29, 0.717) is 18.7 Å². The summed E-state index contributed by atoms with van der Waals surface area (Å²) in [7, 11) is 3.54. The van der Waals surface area contributed by atoms with Gasteiger partial charge < -0.3 is 10.2 Å². The van der Waals surface area contributed by atoms with E-state index in [2.05, 4.69) is 5.32 Å². The lowest BCUT2D eigenvalue weighted by Crippen LogP contribution is -2.42. The largest absolute Gasteiger partial charge is 0.355 e. The third-order valence-corrected chi connectivity index (χ3v) is 4.12. The lowest BCUT2D eigenvalue weighted by atomic mass is 10.1. The van der Waals surface area contributed by atoms with E-state index in [9.17, 15) is 9.59 Å². The molecule has 0 aliphatic rings. The standard InChI is InChI=1S/C21H27N3O2/c1-16(2)24(19-8-6-5-7-9-19)20(25)15-23(4)14-17-10-12-18(13-11-17)21(26)22-3/h5-13,16H,14-15H2,1-4H3,(H,22,26). The maximum atomic E-state index is 12.8. The molecule has 0 radical (unpaired) electrons. The molecule has 0 aliphatic heterocycles. The van der Waals surface area contributed by atoms with Gasteiger partial charge in [0.2, 0.25) is 5.91 Å². The molecular weight excluding hydrogens is 326 g/mol. The molecule has 0 heterocycles. The first kappa shape index (κ1) is 19.7.